The van der Waals surface area contributed by atoms with Crippen molar-refractivity contribution in [3.8, 4) is 0 Å². The average molecular weight is 265 g/mol. The molecular formula is C14H14ClFN2. The largest absolute Gasteiger partial charge is 0.353 e. The molecule has 0 saturated carbocycles. The Labute approximate surface area is 111 Å². The van der Waals surface area contributed by atoms with Crippen molar-refractivity contribution in [1.29, 1.82) is 0 Å². The van der Waals surface area contributed by atoms with Crippen molar-refractivity contribution in [3.05, 3.63) is 58.9 Å². The third kappa shape index (κ3) is 3.22. The van der Waals surface area contributed by atoms with Crippen molar-refractivity contribution in [2.45, 2.75) is 6.42 Å². The molecule has 0 unspecified atom stereocenters. The van der Waals surface area contributed by atoms with Crippen LogP contribution >= 0.6 is 11.6 Å². The highest BCUT2D eigenvalue weighted by Crippen LogP contribution is 2.22. The summed E-state index contributed by atoms with van der Waals surface area (Å²) in [6, 6.07) is 12.2. The number of nitrogens with two attached hydrogens (primary N) is 1. The first-order valence-corrected chi connectivity index (χ1v) is 6.08. The number of hydrogen-bond donors (Lipinski definition) is 2. The molecule has 0 fully saturated rings. The van der Waals surface area contributed by atoms with E-state index < -0.39 is 0 Å². The Kier molecular flexibility index (Phi) is 4.18. The highest BCUT2D eigenvalue weighted by atomic mass is 35.5. The molecule has 0 aromatic heterocycles. The summed E-state index contributed by atoms with van der Waals surface area (Å²) in [5, 5.41) is 3.66. The van der Waals surface area contributed by atoms with Crippen molar-refractivity contribution >= 4 is 23.0 Å². The molecule has 0 aliphatic rings. The van der Waals surface area contributed by atoms with Crippen LogP contribution in [0, 0.1) is 5.82 Å². The van der Waals surface area contributed by atoms with Gasteiger partial charge in [0.15, 0.2) is 0 Å². The average Bonchev–Trinajstić information content (AvgIpc) is 2.36. The van der Waals surface area contributed by atoms with Crippen LogP contribution in [0.5, 0.6) is 0 Å². The zero-order valence-electron chi connectivity index (χ0n) is 9.79. The lowest BCUT2D eigenvalue weighted by Gasteiger charge is -2.09. The van der Waals surface area contributed by atoms with Gasteiger partial charge in [-0.3, -0.25) is 0 Å². The van der Waals surface area contributed by atoms with Gasteiger partial charge >= 0.3 is 0 Å². The van der Waals surface area contributed by atoms with Gasteiger partial charge in [-0.05, 0) is 54.9 Å². The molecule has 4 heteroatoms. The minimum absolute atomic E-state index is 0.282. The number of halogens is 2. The second-order valence-electron chi connectivity index (χ2n) is 3.98. The molecule has 0 amide bonds. The number of rotatable bonds is 4. The van der Waals surface area contributed by atoms with Gasteiger partial charge in [-0.1, -0.05) is 17.7 Å². The third-order valence-corrected chi connectivity index (χ3v) is 2.84. The van der Waals surface area contributed by atoms with E-state index in [0.29, 0.717) is 23.7 Å². The van der Waals surface area contributed by atoms with Crippen LogP contribution in [0.1, 0.15) is 5.56 Å². The van der Waals surface area contributed by atoms with E-state index in [1.54, 1.807) is 30.3 Å². The molecule has 2 nitrogen and oxygen atoms in total. The van der Waals surface area contributed by atoms with E-state index in [9.17, 15) is 4.39 Å². The standard InChI is InChI=1S/C14H14ClFN2/c15-11-2-4-12(5-3-11)18-14-6-1-10(7-8-17)9-13(14)16/h1-6,9,18H,7-8,17H2. The van der Waals surface area contributed by atoms with Crippen LogP contribution in [0.3, 0.4) is 0 Å². The van der Waals surface area contributed by atoms with Gasteiger partial charge in [0.2, 0.25) is 0 Å². The molecule has 3 N–H and O–H groups in total. The van der Waals surface area contributed by atoms with Crippen molar-refractivity contribution in [3.63, 3.8) is 0 Å². The van der Waals surface area contributed by atoms with E-state index in [0.717, 1.165) is 11.3 Å². The second-order valence-corrected chi connectivity index (χ2v) is 4.42. The first kappa shape index (κ1) is 12.9. The van der Waals surface area contributed by atoms with Crippen molar-refractivity contribution < 1.29 is 4.39 Å². The Morgan fingerprint density at radius 1 is 1.11 bits per heavy atom. The van der Waals surface area contributed by atoms with E-state index in [1.165, 1.54) is 6.07 Å². The van der Waals surface area contributed by atoms with E-state index in [1.807, 2.05) is 6.07 Å². The summed E-state index contributed by atoms with van der Waals surface area (Å²) in [6.45, 7) is 0.517. The molecule has 0 heterocycles. The van der Waals surface area contributed by atoms with Crippen molar-refractivity contribution in [1.82, 2.24) is 0 Å². The lowest BCUT2D eigenvalue weighted by molar-refractivity contribution is 0.629. The Bertz CT molecular complexity index is 526. The Morgan fingerprint density at radius 3 is 2.44 bits per heavy atom. The van der Waals surface area contributed by atoms with Crippen molar-refractivity contribution in [2.24, 2.45) is 5.73 Å². The van der Waals surface area contributed by atoms with Crippen LogP contribution in [0.25, 0.3) is 0 Å². The fraction of sp³-hybridized carbons (Fsp3) is 0.143. The van der Waals surface area contributed by atoms with Gasteiger partial charge in [-0.15, -0.1) is 0 Å². The number of nitrogens with one attached hydrogen (secondary N) is 1. The molecular weight excluding hydrogens is 251 g/mol. The fourth-order valence-corrected chi connectivity index (χ4v) is 1.80. The number of hydrogen-bond acceptors (Lipinski definition) is 2. The quantitative estimate of drug-likeness (QED) is 0.883. The monoisotopic (exact) mass is 264 g/mol. The summed E-state index contributed by atoms with van der Waals surface area (Å²) in [6.07, 6.45) is 0.679. The zero-order chi connectivity index (χ0) is 13.0. The molecule has 0 atom stereocenters. The van der Waals surface area contributed by atoms with Crippen molar-refractivity contribution in [2.75, 3.05) is 11.9 Å². The van der Waals surface area contributed by atoms with Gasteiger partial charge in [-0.25, -0.2) is 4.39 Å². The highest BCUT2D eigenvalue weighted by Gasteiger charge is 2.03. The number of benzene rings is 2. The molecule has 2 aromatic carbocycles. The topological polar surface area (TPSA) is 38.0 Å². The van der Waals surface area contributed by atoms with Gasteiger partial charge in [0.25, 0.3) is 0 Å². The lowest BCUT2D eigenvalue weighted by atomic mass is 10.1. The first-order valence-electron chi connectivity index (χ1n) is 5.70. The summed E-state index contributed by atoms with van der Waals surface area (Å²) in [4.78, 5) is 0. The Hall–Kier alpha value is -1.58. The van der Waals surface area contributed by atoms with Gasteiger partial charge in [0.05, 0.1) is 5.69 Å². The molecule has 2 rings (SSSR count). The lowest BCUT2D eigenvalue weighted by Crippen LogP contribution is -2.03. The Balaban J connectivity index is 2.16. The molecule has 2 aromatic rings. The van der Waals surface area contributed by atoms with Gasteiger partial charge in [-0.2, -0.15) is 0 Å². The minimum Gasteiger partial charge on any atom is -0.353 e. The summed E-state index contributed by atoms with van der Waals surface area (Å²) >= 11 is 5.79. The minimum atomic E-state index is -0.282. The molecule has 0 aliphatic carbocycles. The second kappa shape index (κ2) is 5.85. The molecule has 94 valence electrons. The van der Waals surface area contributed by atoms with Gasteiger partial charge in [0, 0.05) is 10.7 Å². The molecule has 0 radical (unpaired) electrons. The summed E-state index contributed by atoms with van der Waals surface area (Å²) in [5.74, 6) is -0.282. The summed E-state index contributed by atoms with van der Waals surface area (Å²) in [7, 11) is 0. The van der Waals surface area contributed by atoms with Crippen LogP contribution in [0.2, 0.25) is 5.02 Å². The van der Waals surface area contributed by atoms with Gasteiger partial charge < -0.3 is 11.1 Å². The predicted octanol–water partition coefficient (Wildman–Crippen LogP) is 3.72. The van der Waals surface area contributed by atoms with Crippen LogP contribution in [0.4, 0.5) is 15.8 Å². The normalized spacial score (nSPS) is 10.4. The molecule has 0 spiro atoms. The third-order valence-electron chi connectivity index (χ3n) is 2.59. The molecule has 0 bridgehead atoms. The first-order chi connectivity index (χ1) is 8.69. The fourth-order valence-electron chi connectivity index (χ4n) is 1.67. The van der Waals surface area contributed by atoms with E-state index in [4.69, 9.17) is 17.3 Å². The van der Waals surface area contributed by atoms with Crippen LogP contribution in [-0.2, 0) is 6.42 Å². The molecule has 0 aliphatic heterocycles. The zero-order valence-corrected chi connectivity index (χ0v) is 10.5. The van der Waals surface area contributed by atoms with Crippen LogP contribution in [-0.4, -0.2) is 6.54 Å². The van der Waals surface area contributed by atoms with Crippen LogP contribution in [0.15, 0.2) is 42.5 Å². The highest BCUT2D eigenvalue weighted by molar-refractivity contribution is 6.30. The van der Waals surface area contributed by atoms with E-state index in [2.05, 4.69) is 5.32 Å². The smallest absolute Gasteiger partial charge is 0.146 e. The maximum atomic E-state index is 13.8. The van der Waals surface area contributed by atoms with E-state index in [-0.39, 0.29) is 5.82 Å². The summed E-state index contributed by atoms with van der Waals surface area (Å²) < 4.78 is 13.8. The maximum Gasteiger partial charge on any atom is 0.146 e. The summed E-state index contributed by atoms with van der Waals surface area (Å²) in [5.41, 5.74) is 7.57. The maximum absolute atomic E-state index is 13.8. The van der Waals surface area contributed by atoms with Gasteiger partial charge in [0.1, 0.15) is 5.82 Å². The van der Waals surface area contributed by atoms with Crippen LogP contribution < -0.4 is 11.1 Å². The predicted molar refractivity (Wildman–Crippen MR) is 73.9 cm³/mol. The SMILES string of the molecule is NCCc1ccc(Nc2ccc(Cl)cc2)c(F)c1. The Morgan fingerprint density at radius 2 is 1.83 bits per heavy atom. The molecule has 0 saturated heterocycles. The van der Waals surface area contributed by atoms with E-state index >= 15 is 0 Å². The molecule has 18 heavy (non-hydrogen) atoms. The number of anilines is 2.